The van der Waals surface area contributed by atoms with E-state index in [2.05, 4.69) is 10.2 Å². The van der Waals surface area contributed by atoms with Gasteiger partial charge in [0.05, 0.1) is 17.5 Å². The Hall–Kier alpha value is -4.14. The molecule has 218 valence electrons. The molecule has 42 heavy (non-hydrogen) atoms. The van der Waals surface area contributed by atoms with Gasteiger partial charge in [0.25, 0.3) is 0 Å². The number of hydrogen-bond donors (Lipinski definition) is 2. The lowest BCUT2D eigenvalue weighted by Gasteiger charge is -2.59. The van der Waals surface area contributed by atoms with Crippen molar-refractivity contribution in [3.05, 3.63) is 60.9 Å². The van der Waals surface area contributed by atoms with E-state index in [1.807, 2.05) is 79.7 Å². The van der Waals surface area contributed by atoms with Gasteiger partial charge in [0.2, 0.25) is 11.9 Å². The van der Waals surface area contributed by atoms with E-state index in [-0.39, 0.29) is 29.5 Å². The number of carbonyl (C=O) groups excluding carboxylic acids is 2. The Morgan fingerprint density at radius 3 is 2.24 bits per heavy atom. The highest BCUT2D eigenvalue weighted by atomic mass is 16.5. The Bertz CT molecular complexity index is 1470. The number of carbonyl (C=O) groups is 2. The predicted molar refractivity (Wildman–Crippen MR) is 162 cm³/mol. The molecule has 9 heteroatoms. The van der Waals surface area contributed by atoms with Gasteiger partial charge in [-0.2, -0.15) is 0 Å². The van der Waals surface area contributed by atoms with Crippen LogP contribution in [0.5, 0.6) is 5.75 Å². The molecular formula is C33H38N6O3. The number of fused-ring (bicyclic) bond motifs is 1. The standard InChI is InChI=1S/C33H38N6O3/c1-20(2)42-26-9-7-22(8-10-26)25-18-35-31(36-19-25)38-11-12-39(28-6-4-3-5-27(28)38)32(41)37-29-23-13-21-14-24(29)17-33(15-21,16-23)30(34)40/h3-10,18-21,23-24,29H,11-17H2,1-2H3,(H2,34,40)(H,37,41). The zero-order valence-corrected chi connectivity index (χ0v) is 24.2. The van der Waals surface area contributed by atoms with Crippen molar-refractivity contribution in [1.82, 2.24) is 15.3 Å². The first-order chi connectivity index (χ1) is 20.3. The third-order valence-corrected chi connectivity index (χ3v) is 9.78. The molecule has 3 aromatic rings. The van der Waals surface area contributed by atoms with Crippen molar-refractivity contribution in [1.29, 1.82) is 0 Å². The van der Waals surface area contributed by atoms with Crippen LogP contribution in [0.3, 0.4) is 0 Å². The number of ether oxygens (including phenoxy) is 1. The number of nitrogens with zero attached hydrogens (tertiary/aromatic N) is 4. The maximum absolute atomic E-state index is 13.8. The molecule has 4 bridgehead atoms. The van der Waals surface area contributed by atoms with E-state index in [9.17, 15) is 9.59 Å². The molecule has 9 nitrogen and oxygen atoms in total. The second-order valence-corrected chi connectivity index (χ2v) is 12.8. The lowest BCUT2D eigenvalue weighted by Crippen LogP contribution is -2.63. The molecule has 4 aliphatic carbocycles. The fraction of sp³-hybridized carbons (Fsp3) is 0.455. The maximum atomic E-state index is 13.8. The van der Waals surface area contributed by atoms with E-state index in [0.717, 1.165) is 60.4 Å². The van der Waals surface area contributed by atoms with Crippen LogP contribution in [0.15, 0.2) is 60.9 Å². The van der Waals surface area contributed by atoms with Crippen LogP contribution in [0.1, 0.15) is 46.0 Å². The molecule has 2 atom stereocenters. The first kappa shape index (κ1) is 26.7. The number of rotatable bonds is 6. The number of para-hydroxylation sites is 2. The van der Waals surface area contributed by atoms with Crippen molar-refractivity contribution in [2.24, 2.45) is 28.9 Å². The van der Waals surface area contributed by atoms with Gasteiger partial charge in [-0.15, -0.1) is 0 Å². The van der Waals surface area contributed by atoms with E-state index < -0.39 is 0 Å². The highest BCUT2D eigenvalue weighted by Gasteiger charge is 2.58. The summed E-state index contributed by atoms with van der Waals surface area (Å²) in [4.78, 5) is 39.4. The van der Waals surface area contributed by atoms with Gasteiger partial charge in [-0.05, 0) is 93.5 Å². The Kier molecular flexibility index (Phi) is 6.55. The lowest BCUT2D eigenvalue weighted by atomic mass is 9.47. The maximum Gasteiger partial charge on any atom is 0.322 e. The minimum absolute atomic E-state index is 0.0751. The number of anilines is 3. The Morgan fingerprint density at radius 2 is 1.60 bits per heavy atom. The predicted octanol–water partition coefficient (Wildman–Crippen LogP) is 5.28. The van der Waals surface area contributed by atoms with Crippen LogP contribution in [0, 0.1) is 23.2 Å². The molecule has 2 unspecified atom stereocenters. The normalized spacial score (nSPS) is 27.6. The molecule has 4 fully saturated rings. The zero-order valence-electron chi connectivity index (χ0n) is 24.2. The molecule has 3 N–H and O–H groups in total. The molecule has 4 saturated carbocycles. The molecule has 2 heterocycles. The zero-order chi connectivity index (χ0) is 29.0. The van der Waals surface area contributed by atoms with Gasteiger partial charge in [-0.3, -0.25) is 9.69 Å². The van der Waals surface area contributed by atoms with E-state index in [1.54, 1.807) is 0 Å². The SMILES string of the molecule is CC(C)Oc1ccc(-c2cnc(N3CCN(C(=O)NC4C5CC6CC4CC(C(N)=O)(C6)C5)c4ccccc43)nc2)cc1. The lowest BCUT2D eigenvalue weighted by molar-refractivity contribution is -0.145. The summed E-state index contributed by atoms with van der Waals surface area (Å²) >= 11 is 0. The highest BCUT2D eigenvalue weighted by Crippen LogP contribution is 2.60. The molecule has 0 radical (unpaired) electrons. The van der Waals surface area contributed by atoms with Crippen molar-refractivity contribution in [3.63, 3.8) is 0 Å². The summed E-state index contributed by atoms with van der Waals surface area (Å²) in [5.74, 6) is 2.47. The number of amides is 3. The topological polar surface area (TPSA) is 114 Å². The summed E-state index contributed by atoms with van der Waals surface area (Å²) in [6.07, 6.45) is 8.48. The Balaban J connectivity index is 1.07. The van der Waals surface area contributed by atoms with E-state index in [4.69, 9.17) is 20.4 Å². The molecule has 0 spiro atoms. The summed E-state index contributed by atoms with van der Waals surface area (Å²) in [6, 6.07) is 15.9. The van der Waals surface area contributed by atoms with Gasteiger partial charge in [-0.25, -0.2) is 14.8 Å². The van der Waals surface area contributed by atoms with Gasteiger partial charge < -0.3 is 20.7 Å². The third kappa shape index (κ3) is 4.64. The number of aromatic nitrogens is 2. The van der Waals surface area contributed by atoms with Crippen molar-refractivity contribution in [2.45, 2.75) is 58.1 Å². The molecule has 5 aliphatic rings. The van der Waals surface area contributed by atoms with Gasteiger partial charge >= 0.3 is 6.03 Å². The molecule has 0 saturated heterocycles. The van der Waals surface area contributed by atoms with Gasteiger partial charge in [0.1, 0.15) is 5.75 Å². The average Bonchev–Trinajstić information content (AvgIpc) is 2.98. The number of urea groups is 1. The third-order valence-electron chi connectivity index (χ3n) is 9.78. The summed E-state index contributed by atoms with van der Waals surface area (Å²) in [6.45, 7) is 5.11. The van der Waals surface area contributed by atoms with Crippen LogP contribution in [-0.4, -0.2) is 47.1 Å². The van der Waals surface area contributed by atoms with Crippen LogP contribution in [-0.2, 0) is 4.79 Å². The molecule has 8 rings (SSSR count). The second kappa shape index (κ2) is 10.3. The van der Waals surface area contributed by atoms with Gasteiger partial charge in [0.15, 0.2) is 0 Å². The van der Waals surface area contributed by atoms with Crippen molar-refractivity contribution in [3.8, 4) is 16.9 Å². The summed E-state index contributed by atoms with van der Waals surface area (Å²) in [5.41, 5.74) is 9.20. The van der Waals surface area contributed by atoms with Gasteiger partial charge in [0, 0.05) is 42.5 Å². The van der Waals surface area contributed by atoms with Crippen molar-refractivity contribution in [2.75, 3.05) is 22.9 Å². The summed E-state index contributed by atoms with van der Waals surface area (Å²) in [5, 5.41) is 3.40. The molecule has 1 aliphatic heterocycles. The minimum Gasteiger partial charge on any atom is -0.491 e. The summed E-state index contributed by atoms with van der Waals surface area (Å²) in [7, 11) is 0. The second-order valence-electron chi connectivity index (χ2n) is 12.8. The molecule has 3 amide bonds. The monoisotopic (exact) mass is 566 g/mol. The number of hydrogen-bond acceptors (Lipinski definition) is 6. The fourth-order valence-electron chi connectivity index (χ4n) is 8.17. The highest BCUT2D eigenvalue weighted by molar-refractivity contribution is 5.98. The Morgan fingerprint density at radius 1 is 0.929 bits per heavy atom. The summed E-state index contributed by atoms with van der Waals surface area (Å²) < 4.78 is 5.76. The number of nitrogens with two attached hydrogens (primary N) is 1. The molecule has 2 aromatic carbocycles. The van der Waals surface area contributed by atoms with Crippen LogP contribution in [0.25, 0.3) is 11.1 Å². The van der Waals surface area contributed by atoms with E-state index in [0.29, 0.717) is 36.8 Å². The first-order valence-corrected chi connectivity index (χ1v) is 15.1. The number of nitrogens with one attached hydrogen (secondary N) is 1. The largest absolute Gasteiger partial charge is 0.491 e. The van der Waals surface area contributed by atoms with Crippen LogP contribution in [0.4, 0.5) is 22.1 Å². The fourth-order valence-corrected chi connectivity index (χ4v) is 8.17. The van der Waals surface area contributed by atoms with Crippen molar-refractivity contribution < 1.29 is 14.3 Å². The number of primary amides is 1. The van der Waals surface area contributed by atoms with Crippen LogP contribution in [0.2, 0.25) is 0 Å². The van der Waals surface area contributed by atoms with Gasteiger partial charge in [-0.1, -0.05) is 24.3 Å². The van der Waals surface area contributed by atoms with Crippen molar-refractivity contribution >= 4 is 29.3 Å². The number of benzene rings is 2. The minimum atomic E-state index is -0.364. The molecule has 1 aromatic heterocycles. The Labute approximate surface area is 246 Å². The smallest absolute Gasteiger partial charge is 0.322 e. The first-order valence-electron chi connectivity index (χ1n) is 15.1. The molecular weight excluding hydrogens is 528 g/mol. The van der Waals surface area contributed by atoms with E-state index >= 15 is 0 Å². The average molecular weight is 567 g/mol. The van der Waals surface area contributed by atoms with Crippen LogP contribution >= 0.6 is 0 Å². The quantitative estimate of drug-likeness (QED) is 0.420. The van der Waals surface area contributed by atoms with Crippen LogP contribution < -0.4 is 25.6 Å². The van der Waals surface area contributed by atoms with E-state index in [1.165, 1.54) is 0 Å².